The second kappa shape index (κ2) is 6.00. The number of hydrogen-bond acceptors (Lipinski definition) is 4. The zero-order valence-corrected chi connectivity index (χ0v) is 10.7. The van der Waals surface area contributed by atoms with Crippen molar-refractivity contribution in [2.24, 2.45) is 16.8 Å². The van der Waals surface area contributed by atoms with E-state index >= 15 is 0 Å². The predicted octanol–water partition coefficient (Wildman–Crippen LogP) is 0.891. The fourth-order valence-corrected chi connectivity index (χ4v) is 1.59. The minimum absolute atomic E-state index is 0.0140. The van der Waals surface area contributed by atoms with E-state index in [4.69, 9.17) is 10.9 Å². The van der Waals surface area contributed by atoms with Gasteiger partial charge in [0.05, 0.1) is 11.6 Å². The summed E-state index contributed by atoms with van der Waals surface area (Å²) in [5.41, 5.74) is 6.67. The number of pyridine rings is 1. The van der Waals surface area contributed by atoms with Gasteiger partial charge in [-0.25, -0.2) is 0 Å². The average Bonchev–Trinajstić information content (AvgIpc) is 2.35. The van der Waals surface area contributed by atoms with E-state index in [1.807, 2.05) is 13.8 Å². The summed E-state index contributed by atoms with van der Waals surface area (Å²) in [4.78, 5) is 16.1. The Morgan fingerprint density at radius 3 is 2.72 bits per heavy atom. The number of amides is 1. The van der Waals surface area contributed by atoms with Crippen molar-refractivity contribution in [3.05, 3.63) is 29.6 Å². The Balaban J connectivity index is 2.89. The fourth-order valence-electron chi connectivity index (χ4n) is 1.59. The number of amidine groups is 1. The van der Waals surface area contributed by atoms with Crippen LogP contribution < -0.4 is 11.1 Å². The Bertz CT molecular complexity index is 457. The van der Waals surface area contributed by atoms with Crippen molar-refractivity contribution in [3.8, 4) is 0 Å². The molecule has 1 atom stereocenters. The highest BCUT2D eigenvalue weighted by Gasteiger charge is 2.22. The number of nitrogens with zero attached hydrogens (tertiary/aromatic N) is 2. The van der Waals surface area contributed by atoms with Crippen molar-refractivity contribution >= 4 is 11.7 Å². The van der Waals surface area contributed by atoms with E-state index in [0.29, 0.717) is 11.3 Å². The smallest absolute Gasteiger partial charge is 0.253 e. The molecule has 0 saturated heterocycles. The van der Waals surface area contributed by atoms with E-state index in [-0.39, 0.29) is 17.7 Å². The summed E-state index contributed by atoms with van der Waals surface area (Å²) in [5.74, 6) is -0.285. The highest BCUT2D eigenvalue weighted by atomic mass is 16.4. The maximum absolute atomic E-state index is 12.1. The van der Waals surface area contributed by atoms with Crippen molar-refractivity contribution in [2.45, 2.75) is 26.8 Å². The van der Waals surface area contributed by atoms with Crippen LogP contribution in [0.15, 0.2) is 23.5 Å². The molecule has 1 heterocycles. The molecule has 0 spiro atoms. The average molecular weight is 250 g/mol. The molecule has 98 valence electrons. The highest BCUT2D eigenvalue weighted by Crippen LogP contribution is 2.07. The van der Waals surface area contributed by atoms with Gasteiger partial charge in [0.1, 0.15) is 0 Å². The first-order valence-electron chi connectivity index (χ1n) is 5.67. The SMILES string of the molecule is Cc1ncccc1C(=O)NC(C(N)=NO)C(C)C. The normalized spacial score (nSPS) is 13.4. The maximum atomic E-state index is 12.1. The quantitative estimate of drug-likeness (QED) is 0.320. The summed E-state index contributed by atoms with van der Waals surface area (Å²) in [7, 11) is 0. The largest absolute Gasteiger partial charge is 0.409 e. The van der Waals surface area contributed by atoms with Crippen LogP contribution in [0.25, 0.3) is 0 Å². The van der Waals surface area contributed by atoms with E-state index < -0.39 is 6.04 Å². The van der Waals surface area contributed by atoms with Gasteiger partial charge in [-0.3, -0.25) is 9.78 Å². The second-order valence-electron chi connectivity index (χ2n) is 4.36. The molecule has 6 nitrogen and oxygen atoms in total. The summed E-state index contributed by atoms with van der Waals surface area (Å²) >= 11 is 0. The molecule has 0 aliphatic carbocycles. The molecule has 1 aromatic rings. The summed E-state index contributed by atoms with van der Waals surface area (Å²) in [6.45, 7) is 5.50. The minimum Gasteiger partial charge on any atom is -0.409 e. The van der Waals surface area contributed by atoms with Gasteiger partial charge < -0.3 is 16.3 Å². The number of nitrogens with two attached hydrogens (primary N) is 1. The van der Waals surface area contributed by atoms with Crippen LogP contribution in [0, 0.1) is 12.8 Å². The Hall–Kier alpha value is -2.11. The van der Waals surface area contributed by atoms with Crippen LogP contribution in [0.1, 0.15) is 29.9 Å². The maximum Gasteiger partial charge on any atom is 0.253 e. The molecule has 0 aliphatic heterocycles. The number of oxime groups is 1. The zero-order chi connectivity index (χ0) is 13.7. The topological polar surface area (TPSA) is 101 Å². The van der Waals surface area contributed by atoms with Crippen LogP contribution in [0.2, 0.25) is 0 Å². The van der Waals surface area contributed by atoms with Crippen LogP contribution >= 0.6 is 0 Å². The molecule has 6 heteroatoms. The molecule has 4 N–H and O–H groups in total. The van der Waals surface area contributed by atoms with Gasteiger partial charge >= 0.3 is 0 Å². The Morgan fingerprint density at radius 2 is 2.22 bits per heavy atom. The molecule has 0 fully saturated rings. The molecule has 1 amide bonds. The zero-order valence-electron chi connectivity index (χ0n) is 10.7. The summed E-state index contributed by atoms with van der Waals surface area (Å²) in [6.07, 6.45) is 1.62. The number of nitrogens with one attached hydrogen (secondary N) is 1. The van der Waals surface area contributed by atoms with Crippen LogP contribution in [0.4, 0.5) is 0 Å². The monoisotopic (exact) mass is 250 g/mol. The van der Waals surface area contributed by atoms with Gasteiger partial charge in [0.25, 0.3) is 5.91 Å². The van der Waals surface area contributed by atoms with Gasteiger partial charge in [-0.05, 0) is 25.0 Å². The Kier molecular flexibility index (Phi) is 4.65. The van der Waals surface area contributed by atoms with Crippen molar-refractivity contribution in [3.63, 3.8) is 0 Å². The van der Waals surface area contributed by atoms with Gasteiger partial charge in [-0.1, -0.05) is 19.0 Å². The van der Waals surface area contributed by atoms with Crippen LogP contribution in [-0.4, -0.2) is 28.0 Å². The third kappa shape index (κ3) is 3.19. The van der Waals surface area contributed by atoms with E-state index in [1.54, 1.807) is 25.3 Å². The number of hydrogen-bond donors (Lipinski definition) is 3. The highest BCUT2D eigenvalue weighted by molar-refractivity contribution is 5.98. The Morgan fingerprint density at radius 1 is 1.56 bits per heavy atom. The lowest BCUT2D eigenvalue weighted by molar-refractivity contribution is 0.0937. The molecule has 1 aromatic heterocycles. The van der Waals surface area contributed by atoms with Gasteiger partial charge in [0.2, 0.25) is 0 Å². The molecule has 1 unspecified atom stereocenters. The van der Waals surface area contributed by atoms with E-state index in [2.05, 4.69) is 15.5 Å². The Labute approximate surface area is 106 Å². The summed E-state index contributed by atoms with van der Waals surface area (Å²) in [6, 6.07) is 2.86. The molecule has 0 saturated carbocycles. The van der Waals surface area contributed by atoms with Crippen LogP contribution in [0.5, 0.6) is 0 Å². The molecule has 0 aliphatic rings. The van der Waals surface area contributed by atoms with Crippen molar-refractivity contribution < 1.29 is 10.0 Å². The van der Waals surface area contributed by atoms with Gasteiger partial charge in [0.15, 0.2) is 5.84 Å². The molecule has 1 rings (SSSR count). The van der Waals surface area contributed by atoms with E-state index in [1.165, 1.54) is 0 Å². The van der Waals surface area contributed by atoms with Crippen LogP contribution in [0.3, 0.4) is 0 Å². The second-order valence-corrected chi connectivity index (χ2v) is 4.36. The number of rotatable bonds is 4. The van der Waals surface area contributed by atoms with Crippen LogP contribution in [-0.2, 0) is 0 Å². The molecule has 18 heavy (non-hydrogen) atoms. The molecule has 0 bridgehead atoms. The number of carbonyl (C=O) groups excluding carboxylic acids is 1. The number of carbonyl (C=O) groups is 1. The molecular weight excluding hydrogens is 232 g/mol. The third-order valence-electron chi connectivity index (χ3n) is 2.64. The lowest BCUT2D eigenvalue weighted by Crippen LogP contribution is -2.48. The summed E-state index contributed by atoms with van der Waals surface area (Å²) < 4.78 is 0. The van der Waals surface area contributed by atoms with Gasteiger partial charge in [-0.2, -0.15) is 0 Å². The fraction of sp³-hybridized carbons (Fsp3) is 0.417. The molecule has 0 aromatic carbocycles. The van der Waals surface area contributed by atoms with Crippen molar-refractivity contribution in [1.82, 2.24) is 10.3 Å². The lowest BCUT2D eigenvalue weighted by Gasteiger charge is -2.21. The first-order chi connectivity index (χ1) is 8.47. The van der Waals surface area contributed by atoms with E-state index in [9.17, 15) is 4.79 Å². The first-order valence-corrected chi connectivity index (χ1v) is 5.67. The van der Waals surface area contributed by atoms with E-state index in [0.717, 1.165) is 0 Å². The standard InChI is InChI=1S/C12H18N4O2/c1-7(2)10(11(13)16-18)15-12(17)9-5-4-6-14-8(9)3/h4-7,10,18H,1-3H3,(H2,13,16)(H,15,17). The van der Waals surface area contributed by atoms with Gasteiger partial charge in [-0.15, -0.1) is 0 Å². The first kappa shape index (κ1) is 14.0. The number of aryl methyl sites for hydroxylation is 1. The van der Waals surface area contributed by atoms with Crippen molar-refractivity contribution in [2.75, 3.05) is 0 Å². The molecule has 0 radical (unpaired) electrons. The number of aromatic nitrogens is 1. The molecular formula is C12H18N4O2. The minimum atomic E-state index is -0.512. The summed E-state index contributed by atoms with van der Waals surface area (Å²) in [5, 5.41) is 14.4. The predicted molar refractivity (Wildman–Crippen MR) is 68.5 cm³/mol. The van der Waals surface area contributed by atoms with Crippen molar-refractivity contribution in [1.29, 1.82) is 0 Å². The van der Waals surface area contributed by atoms with Gasteiger partial charge in [0, 0.05) is 11.9 Å². The lowest BCUT2D eigenvalue weighted by atomic mass is 10.0. The third-order valence-corrected chi connectivity index (χ3v) is 2.64.